The Labute approximate surface area is 125 Å². The van der Waals surface area contributed by atoms with Crippen molar-refractivity contribution in [3.8, 4) is 5.75 Å². The first kappa shape index (κ1) is 17.0. The zero-order valence-electron chi connectivity index (χ0n) is 12.4. The van der Waals surface area contributed by atoms with E-state index in [2.05, 4.69) is 22.9 Å². The van der Waals surface area contributed by atoms with Gasteiger partial charge >= 0.3 is 0 Å². The highest BCUT2D eigenvalue weighted by molar-refractivity contribution is 5.85. The molecule has 2 amide bonds. The van der Waals surface area contributed by atoms with Crippen molar-refractivity contribution >= 4 is 11.8 Å². The molecule has 0 aliphatic carbocycles. The van der Waals surface area contributed by atoms with E-state index in [-0.39, 0.29) is 25.0 Å². The van der Waals surface area contributed by atoms with Gasteiger partial charge in [0.1, 0.15) is 5.75 Å². The van der Waals surface area contributed by atoms with E-state index in [0.29, 0.717) is 12.3 Å². The van der Waals surface area contributed by atoms with E-state index < -0.39 is 0 Å². The van der Waals surface area contributed by atoms with Crippen LogP contribution >= 0.6 is 0 Å². The summed E-state index contributed by atoms with van der Waals surface area (Å²) >= 11 is 0. The molecule has 0 heterocycles. The molecule has 6 heteroatoms. The third kappa shape index (κ3) is 8.65. The van der Waals surface area contributed by atoms with Crippen LogP contribution in [0.2, 0.25) is 0 Å². The lowest BCUT2D eigenvalue weighted by atomic mass is 10.3. The molecule has 1 aromatic carbocycles. The van der Waals surface area contributed by atoms with Gasteiger partial charge in [-0.25, -0.2) is 0 Å². The largest absolute Gasteiger partial charge is 0.484 e. The molecule has 0 fully saturated rings. The van der Waals surface area contributed by atoms with Gasteiger partial charge in [0, 0.05) is 13.1 Å². The van der Waals surface area contributed by atoms with Gasteiger partial charge < -0.3 is 20.7 Å². The Morgan fingerprint density at radius 1 is 1.00 bits per heavy atom. The second-order valence-corrected chi connectivity index (χ2v) is 4.48. The van der Waals surface area contributed by atoms with Gasteiger partial charge in [0.2, 0.25) is 5.91 Å². The summed E-state index contributed by atoms with van der Waals surface area (Å²) in [6.45, 7) is 4.15. The van der Waals surface area contributed by atoms with Gasteiger partial charge in [-0.3, -0.25) is 9.59 Å². The van der Waals surface area contributed by atoms with Crippen LogP contribution in [0.15, 0.2) is 30.3 Å². The number of benzene rings is 1. The van der Waals surface area contributed by atoms with Crippen LogP contribution in [0.1, 0.15) is 13.3 Å². The molecule has 0 spiro atoms. The first-order valence-electron chi connectivity index (χ1n) is 7.14. The van der Waals surface area contributed by atoms with E-state index in [1.54, 1.807) is 12.1 Å². The molecule has 0 aromatic heterocycles. The maximum absolute atomic E-state index is 11.5. The topological polar surface area (TPSA) is 79.5 Å². The van der Waals surface area contributed by atoms with Gasteiger partial charge in [-0.05, 0) is 25.1 Å². The molecular formula is C15H23N3O3. The smallest absolute Gasteiger partial charge is 0.258 e. The van der Waals surface area contributed by atoms with Crippen molar-refractivity contribution in [1.82, 2.24) is 16.0 Å². The zero-order valence-corrected chi connectivity index (χ0v) is 12.4. The quantitative estimate of drug-likeness (QED) is 0.542. The second kappa shape index (κ2) is 10.7. The molecule has 116 valence electrons. The van der Waals surface area contributed by atoms with Crippen LogP contribution < -0.4 is 20.7 Å². The summed E-state index contributed by atoms with van der Waals surface area (Å²) in [6.07, 6.45) is 1.06. The molecule has 0 radical (unpaired) electrons. The summed E-state index contributed by atoms with van der Waals surface area (Å²) in [4.78, 5) is 23.0. The molecule has 1 rings (SSSR count). The van der Waals surface area contributed by atoms with Gasteiger partial charge in [-0.15, -0.1) is 0 Å². The van der Waals surface area contributed by atoms with Crippen LogP contribution in [0.4, 0.5) is 0 Å². The number of para-hydroxylation sites is 1. The Balaban J connectivity index is 2.05. The minimum atomic E-state index is -0.321. The van der Waals surface area contributed by atoms with Gasteiger partial charge in [0.25, 0.3) is 5.91 Å². The maximum Gasteiger partial charge on any atom is 0.258 e. The van der Waals surface area contributed by atoms with E-state index >= 15 is 0 Å². The third-order valence-electron chi connectivity index (χ3n) is 2.61. The number of carbonyl (C=O) groups is 2. The Hall–Kier alpha value is -2.08. The summed E-state index contributed by atoms with van der Waals surface area (Å²) in [5.41, 5.74) is 0. The summed E-state index contributed by atoms with van der Waals surface area (Å²) in [7, 11) is 0. The molecular weight excluding hydrogens is 270 g/mol. The Morgan fingerprint density at radius 3 is 2.48 bits per heavy atom. The number of nitrogens with one attached hydrogen (secondary N) is 3. The van der Waals surface area contributed by atoms with E-state index in [9.17, 15) is 9.59 Å². The standard InChI is InChI=1S/C15H23N3O3/c1-2-8-16-9-10-17-14(19)11-18-15(20)12-21-13-6-4-3-5-7-13/h3-7,16H,2,8-12H2,1H3,(H,17,19)(H,18,20). The number of hydrogen-bond donors (Lipinski definition) is 3. The van der Waals surface area contributed by atoms with Gasteiger partial charge in [0.05, 0.1) is 6.54 Å². The van der Waals surface area contributed by atoms with Crippen molar-refractivity contribution in [3.05, 3.63) is 30.3 Å². The van der Waals surface area contributed by atoms with E-state index in [4.69, 9.17) is 4.74 Å². The van der Waals surface area contributed by atoms with E-state index in [0.717, 1.165) is 19.5 Å². The molecule has 0 bridgehead atoms. The fraction of sp³-hybridized carbons (Fsp3) is 0.467. The summed E-state index contributed by atoms with van der Waals surface area (Å²) in [6, 6.07) is 9.06. The molecule has 0 aliphatic rings. The minimum Gasteiger partial charge on any atom is -0.484 e. The third-order valence-corrected chi connectivity index (χ3v) is 2.61. The van der Waals surface area contributed by atoms with Crippen molar-refractivity contribution in [3.63, 3.8) is 0 Å². The average Bonchev–Trinajstić information content (AvgIpc) is 2.51. The molecule has 1 aromatic rings. The fourth-order valence-electron chi connectivity index (χ4n) is 1.55. The van der Waals surface area contributed by atoms with Crippen molar-refractivity contribution in [1.29, 1.82) is 0 Å². The number of ether oxygens (including phenoxy) is 1. The van der Waals surface area contributed by atoms with Crippen molar-refractivity contribution in [2.45, 2.75) is 13.3 Å². The lowest BCUT2D eigenvalue weighted by Crippen LogP contribution is -2.41. The molecule has 0 atom stereocenters. The lowest BCUT2D eigenvalue weighted by molar-refractivity contribution is -0.127. The first-order chi connectivity index (χ1) is 10.2. The molecule has 0 aliphatic heterocycles. The number of amides is 2. The molecule has 0 saturated carbocycles. The highest BCUT2D eigenvalue weighted by Crippen LogP contribution is 2.07. The predicted molar refractivity (Wildman–Crippen MR) is 81.1 cm³/mol. The molecule has 6 nitrogen and oxygen atoms in total. The lowest BCUT2D eigenvalue weighted by Gasteiger charge is -2.08. The normalized spacial score (nSPS) is 9.95. The van der Waals surface area contributed by atoms with Crippen LogP contribution in [0, 0.1) is 0 Å². The van der Waals surface area contributed by atoms with Crippen LogP contribution in [0.5, 0.6) is 5.75 Å². The Kier molecular flexibility index (Phi) is 8.63. The maximum atomic E-state index is 11.5. The second-order valence-electron chi connectivity index (χ2n) is 4.48. The highest BCUT2D eigenvalue weighted by Gasteiger charge is 2.05. The predicted octanol–water partition coefficient (Wildman–Crippen LogP) is 0.297. The first-order valence-corrected chi connectivity index (χ1v) is 7.14. The van der Waals surface area contributed by atoms with E-state index in [1.807, 2.05) is 18.2 Å². The van der Waals surface area contributed by atoms with Crippen LogP contribution in [0.3, 0.4) is 0 Å². The fourth-order valence-corrected chi connectivity index (χ4v) is 1.55. The SMILES string of the molecule is CCCNCCNC(=O)CNC(=O)COc1ccccc1. The van der Waals surface area contributed by atoms with Crippen molar-refractivity contribution < 1.29 is 14.3 Å². The van der Waals surface area contributed by atoms with Gasteiger partial charge in [0.15, 0.2) is 6.61 Å². The monoisotopic (exact) mass is 293 g/mol. The summed E-state index contributed by atoms with van der Waals surface area (Å²) in [5, 5.41) is 8.39. The zero-order chi connectivity index (χ0) is 15.3. The number of rotatable bonds is 10. The minimum absolute atomic E-state index is 0.0369. The molecule has 21 heavy (non-hydrogen) atoms. The number of carbonyl (C=O) groups excluding carboxylic acids is 2. The average molecular weight is 293 g/mol. The Morgan fingerprint density at radius 2 is 1.76 bits per heavy atom. The Bertz CT molecular complexity index is 423. The van der Waals surface area contributed by atoms with Crippen LogP contribution in [-0.2, 0) is 9.59 Å². The van der Waals surface area contributed by atoms with Crippen LogP contribution in [0.25, 0.3) is 0 Å². The summed E-state index contributed by atoms with van der Waals surface area (Å²) < 4.78 is 5.27. The van der Waals surface area contributed by atoms with Crippen LogP contribution in [-0.4, -0.2) is 44.6 Å². The number of hydrogen-bond acceptors (Lipinski definition) is 4. The molecule has 0 unspecified atom stereocenters. The summed E-state index contributed by atoms with van der Waals surface area (Å²) in [5.74, 6) is 0.0959. The van der Waals surface area contributed by atoms with E-state index in [1.165, 1.54) is 0 Å². The van der Waals surface area contributed by atoms with Crippen molar-refractivity contribution in [2.75, 3.05) is 32.8 Å². The molecule has 3 N–H and O–H groups in total. The van der Waals surface area contributed by atoms with Crippen molar-refractivity contribution in [2.24, 2.45) is 0 Å². The van der Waals surface area contributed by atoms with Gasteiger partial charge in [-0.2, -0.15) is 0 Å². The highest BCUT2D eigenvalue weighted by atomic mass is 16.5. The van der Waals surface area contributed by atoms with Gasteiger partial charge in [-0.1, -0.05) is 25.1 Å². The molecule has 0 saturated heterocycles.